The van der Waals surface area contributed by atoms with E-state index in [2.05, 4.69) is 5.10 Å². The number of aromatic nitrogens is 2. The van der Waals surface area contributed by atoms with Crippen LogP contribution in [0.3, 0.4) is 0 Å². The molecular formula is C19H28N4O2. The predicted octanol–water partition coefficient (Wildman–Crippen LogP) is 3.78. The Labute approximate surface area is 149 Å². The van der Waals surface area contributed by atoms with Gasteiger partial charge in [-0.1, -0.05) is 18.2 Å². The van der Waals surface area contributed by atoms with E-state index >= 15 is 0 Å². The van der Waals surface area contributed by atoms with Crippen LogP contribution in [0.2, 0.25) is 0 Å². The Morgan fingerprint density at radius 3 is 2.24 bits per heavy atom. The zero-order chi connectivity index (χ0) is 18.4. The molecule has 1 amide bonds. The SMILES string of the molecule is CC(C)(C)OC(=O)N1CCCC1.Cc1cnn(-c2ccccc2)c1N. The average molecular weight is 344 g/mol. The first-order valence-electron chi connectivity index (χ1n) is 8.61. The van der Waals surface area contributed by atoms with Crippen molar-refractivity contribution in [1.29, 1.82) is 0 Å². The van der Waals surface area contributed by atoms with Crippen LogP contribution in [0.1, 0.15) is 39.2 Å². The minimum atomic E-state index is -0.361. The number of hydrogen-bond acceptors (Lipinski definition) is 4. The maximum Gasteiger partial charge on any atom is 0.410 e. The highest BCUT2D eigenvalue weighted by atomic mass is 16.6. The Hall–Kier alpha value is -2.50. The van der Waals surface area contributed by atoms with Crippen LogP contribution in [-0.4, -0.2) is 39.5 Å². The van der Waals surface area contributed by atoms with Crippen LogP contribution in [0.5, 0.6) is 0 Å². The Morgan fingerprint density at radius 1 is 1.16 bits per heavy atom. The Kier molecular flexibility index (Phi) is 6.07. The topological polar surface area (TPSA) is 73.4 Å². The molecule has 1 aromatic carbocycles. The van der Waals surface area contributed by atoms with Gasteiger partial charge in [-0.15, -0.1) is 0 Å². The summed E-state index contributed by atoms with van der Waals surface area (Å²) in [5, 5.41) is 4.18. The molecule has 1 aromatic heterocycles. The highest BCUT2D eigenvalue weighted by Crippen LogP contribution is 2.15. The molecule has 3 rings (SSSR count). The molecule has 2 heterocycles. The van der Waals surface area contributed by atoms with E-state index in [-0.39, 0.29) is 11.7 Å². The van der Waals surface area contributed by atoms with Gasteiger partial charge in [-0.3, -0.25) is 0 Å². The fourth-order valence-corrected chi connectivity index (χ4v) is 2.44. The summed E-state index contributed by atoms with van der Waals surface area (Å²) in [6.07, 6.45) is 3.82. The zero-order valence-corrected chi connectivity index (χ0v) is 15.5. The molecule has 136 valence electrons. The number of para-hydroxylation sites is 1. The number of amides is 1. The van der Waals surface area contributed by atoms with E-state index in [4.69, 9.17) is 10.5 Å². The number of likely N-dealkylation sites (tertiary alicyclic amines) is 1. The van der Waals surface area contributed by atoms with Crippen LogP contribution in [0.25, 0.3) is 5.69 Å². The van der Waals surface area contributed by atoms with Crippen molar-refractivity contribution >= 4 is 11.9 Å². The molecule has 0 spiro atoms. The summed E-state index contributed by atoms with van der Waals surface area (Å²) in [6, 6.07) is 9.85. The molecule has 1 fully saturated rings. The molecule has 1 aliphatic rings. The van der Waals surface area contributed by atoms with Crippen LogP contribution < -0.4 is 5.73 Å². The van der Waals surface area contributed by atoms with E-state index in [9.17, 15) is 4.79 Å². The first-order valence-corrected chi connectivity index (χ1v) is 8.61. The fourth-order valence-electron chi connectivity index (χ4n) is 2.44. The third kappa shape index (κ3) is 5.52. The number of carbonyl (C=O) groups excluding carboxylic acids is 1. The van der Waals surface area contributed by atoms with Gasteiger partial charge in [-0.2, -0.15) is 5.10 Å². The van der Waals surface area contributed by atoms with E-state index in [1.807, 2.05) is 58.0 Å². The highest BCUT2D eigenvalue weighted by molar-refractivity contribution is 5.68. The van der Waals surface area contributed by atoms with E-state index in [0.29, 0.717) is 5.82 Å². The van der Waals surface area contributed by atoms with Crippen LogP contribution >= 0.6 is 0 Å². The van der Waals surface area contributed by atoms with Gasteiger partial charge in [0.15, 0.2) is 0 Å². The van der Waals surface area contributed by atoms with Gasteiger partial charge < -0.3 is 15.4 Å². The van der Waals surface area contributed by atoms with Gasteiger partial charge in [0, 0.05) is 18.7 Å². The number of benzene rings is 1. The highest BCUT2D eigenvalue weighted by Gasteiger charge is 2.23. The maximum atomic E-state index is 11.4. The Bertz CT molecular complexity index is 683. The third-order valence-corrected chi connectivity index (χ3v) is 3.76. The molecule has 0 unspecified atom stereocenters. The molecule has 0 atom stereocenters. The van der Waals surface area contributed by atoms with E-state index in [0.717, 1.165) is 37.2 Å². The van der Waals surface area contributed by atoms with E-state index in [1.165, 1.54) is 0 Å². The maximum absolute atomic E-state index is 11.4. The van der Waals surface area contributed by atoms with Crippen molar-refractivity contribution in [2.24, 2.45) is 0 Å². The van der Waals surface area contributed by atoms with Gasteiger partial charge in [-0.25, -0.2) is 9.48 Å². The van der Waals surface area contributed by atoms with Crippen molar-refractivity contribution < 1.29 is 9.53 Å². The standard InChI is InChI=1S/C10H11N3.C9H17NO2/c1-8-7-12-13(10(8)11)9-5-3-2-4-6-9;1-9(2,3)12-8(11)10-6-4-5-7-10/h2-7H,11H2,1H3;4-7H2,1-3H3. The minimum Gasteiger partial charge on any atom is -0.444 e. The van der Waals surface area contributed by atoms with Crippen LogP contribution in [-0.2, 0) is 4.74 Å². The summed E-state index contributed by atoms with van der Waals surface area (Å²) in [5.74, 6) is 0.700. The summed E-state index contributed by atoms with van der Waals surface area (Å²) in [5.41, 5.74) is 7.47. The molecule has 25 heavy (non-hydrogen) atoms. The van der Waals surface area contributed by atoms with Crippen molar-refractivity contribution in [3.8, 4) is 5.69 Å². The summed E-state index contributed by atoms with van der Waals surface area (Å²) in [6.45, 7) is 9.33. The number of carbonyl (C=O) groups is 1. The van der Waals surface area contributed by atoms with Gasteiger partial charge >= 0.3 is 6.09 Å². The van der Waals surface area contributed by atoms with Crippen molar-refractivity contribution in [3.05, 3.63) is 42.1 Å². The quantitative estimate of drug-likeness (QED) is 0.854. The Balaban J connectivity index is 0.000000181. The van der Waals surface area contributed by atoms with Crippen LogP contribution in [0.4, 0.5) is 10.6 Å². The number of nitrogens with two attached hydrogens (primary N) is 1. The minimum absolute atomic E-state index is 0.167. The lowest BCUT2D eigenvalue weighted by molar-refractivity contribution is 0.0295. The van der Waals surface area contributed by atoms with Gasteiger partial charge in [0.25, 0.3) is 0 Å². The average Bonchev–Trinajstić information content (AvgIpc) is 3.19. The number of anilines is 1. The second-order valence-electron chi connectivity index (χ2n) is 7.13. The zero-order valence-electron chi connectivity index (χ0n) is 15.5. The third-order valence-electron chi connectivity index (χ3n) is 3.76. The summed E-state index contributed by atoms with van der Waals surface area (Å²) in [4.78, 5) is 13.1. The molecule has 6 nitrogen and oxygen atoms in total. The van der Waals surface area contributed by atoms with Gasteiger partial charge in [0.1, 0.15) is 11.4 Å². The first kappa shape index (κ1) is 18.8. The Morgan fingerprint density at radius 2 is 1.76 bits per heavy atom. The molecule has 2 aromatic rings. The van der Waals surface area contributed by atoms with Crippen molar-refractivity contribution in [1.82, 2.24) is 14.7 Å². The lowest BCUT2D eigenvalue weighted by atomic mass is 10.2. The van der Waals surface area contributed by atoms with Crippen molar-refractivity contribution in [2.75, 3.05) is 18.8 Å². The number of nitrogen functional groups attached to an aromatic ring is 1. The molecule has 1 saturated heterocycles. The second kappa shape index (κ2) is 8.05. The number of hydrogen-bond donors (Lipinski definition) is 1. The smallest absolute Gasteiger partial charge is 0.410 e. The second-order valence-corrected chi connectivity index (χ2v) is 7.13. The fraction of sp³-hybridized carbons (Fsp3) is 0.474. The predicted molar refractivity (Wildman–Crippen MR) is 99.8 cm³/mol. The van der Waals surface area contributed by atoms with Gasteiger partial charge in [-0.05, 0) is 52.7 Å². The number of rotatable bonds is 1. The van der Waals surface area contributed by atoms with Gasteiger partial charge in [0.2, 0.25) is 0 Å². The first-order chi connectivity index (χ1) is 11.8. The number of nitrogens with zero attached hydrogens (tertiary/aromatic N) is 3. The summed E-state index contributed by atoms with van der Waals surface area (Å²) < 4.78 is 6.94. The van der Waals surface area contributed by atoms with E-state index in [1.54, 1.807) is 15.8 Å². The lowest BCUT2D eigenvalue weighted by Gasteiger charge is -2.23. The number of ether oxygens (including phenoxy) is 1. The molecule has 0 saturated carbocycles. The summed E-state index contributed by atoms with van der Waals surface area (Å²) >= 11 is 0. The summed E-state index contributed by atoms with van der Waals surface area (Å²) in [7, 11) is 0. The molecule has 1 aliphatic heterocycles. The lowest BCUT2D eigenvalue weighted by Crippen LogP contribution is -2.34. The van der Waals surface area contributed by atoms with Crippen molar-refractivity contribution in [3.63, 3.8) is 0 Å². The van der Waals surface area contributed by atoms with Crippen LogP contribution in [0.15, 0.2) is 36.5 Å². The van der Waals surface area contributed by atoms with Crippen molar-refractivity contribution in [2.45, 2.75) is 46.1 Å². The molecular weight excluding hydrogens is 316 g/mol. The van der Waals surface area contributed by atoms with E-state index < -0.39 is 0 Å². The number of aryl methyl sites for hydroxylation is 1. The monoisotopic (exact) mass is 344 g/mol. The normalized spacial score (nSPS) is 14.0. The van der Waals surface area contributed by atoms with Crippen LogP contribution in [0, 0.1) is 6.92 Å². The molecule has 2 N–H and O–H groups in total. The molecule has 0 radical (unpaired) electrons. The molecule has 0 aliphatic carbocycles. The molecule has 6 heteroatoms. The molecule has 0 bridgehead atoms. The van der Waals surface area contributed by atoms with Gasteiger partial charge in [0.05, 0.1) is 11.9 Å². The largest absolute Gasteiger partial charge is 0.444 e.